The topological polar surface area (TPSA) is 64.3 Å². The van der Waals surface area contributed by atoms with Crippen LogP contribution < -0.4 is 0 Å². The standard InChI is InChI=1S/C18H18N6/c1-14-11-16(24-8-2-6-22-24)3-4-17(14)18-20-7-10-23(18)9-5-15-12-19-13-21-15/h2-4,6-8,10-13H,5,9H2,1H3,(H,19,21). The molecule has 1 N–H and O–H groups in total. The minimum absolute atomic E-state index is 0.859. The molecular formula is C18H18N6. The maximum Gasteiger partial charge on any atom is 0.140 e. The molecule has 0 fully saturated rings. The van der Waals surface area contributed by atoms with Gasteiger partial charge in [0, 0.05) is 55.2 Å². The number of aryl methyl sites for hydroxylation is 3. The number of hydrogen-bond acceptors (Lipinski definition) is 3. The highest BCUT2D eigenvalue weighted by Gasteiger charge is 2.10. The van der Waals surface area contributed by atoms with E-state index in [1.54, 1.807) is 12.5 Å². The zero-order chi connectivity index (χ0) is 16.4. The summed E-state index contributed by atoms with van der Waals surface area (Å²) < 4.78 is 4.04. The molecule has 0 saturated heterocycles. The zero-order valence-corrected chi connectivity index (χ0v) is 13.4. The van der Waals surface area contributed by atoms with Crippen LogP contribution in [0.5, 0.6) is 0 Å². The number of nitrogens with zero attached hydrogens (tertiary/aromatic N) is 5. The largest absolute Gasteiger partial charge is 0.348 e. The van der Waals surface area contributed by atoms with Crippen LogP contribution in [0, 0.1) is 6.92 Å². The maximum absolute atomic E-state index is 4.55. The Morgan fingerprint density at radius 1 is 1.17 bits per heavy atom. The summed E-state index contributed by atoms with van der Waals surface area (Å²) in [5, 5.41) is 4.28. The Hall–Kier alpha value is -3.15. The predicted octanol–water partition coefficient (Wildman–Crippen LogP) is 3.01. The van der Waals surface area contributed by atoms with Gasteiger partial charge in [-0.05, 0) is 36.8 Å². The highest BCUT2D eigenvalue weighted by molar-refractivity contribution is 5.62. The van der Waals surface area contributed by atoms with E-state index in [0.29, 0.717) is 0 Å². The van der Waals surface area contributed by atoms with Crippen molar-refractivity contribution in [3.8, 4) is 17.1 Å². The lowest BCUT2D eigenvalue weighted by Gasteiger charge is -2.11. The smallest absolute Gasteiger partial charge is 0.140 e. The molecule has 0 aliphatic heterocycles. The number of aromatic amines is 1. The molecule has 120 valence electrons. The first-order valence-corrected chi connectivity index (χ1v) is 7.91. The van der Waals surface area contributed by atoms with Gasteiger partial charge in [-0.3, -0.25) is 0 Å². The monoisotopic (exact) mass is 318 g/mol. The molecule has 0 spiro atoms. The van der Waals surface area contributed by atoms with Gasteiger partial charge in [0.05, 0.1) is 12.0 Å². The third-order valence-electron chi connectivity index (χ3n) is 4.11. The molecule has 0 saturated carbocycles. The molecule has 6 nitrogen and oxygen atoms in total. The summed E-state index contributed by atoms with van der Waals surface area (Å²) in [6.07, 6.45) is 12.1. The zero-order valence-electron chi connectivity index (χ0n) is 13.4. The van der Waals surface area contributed by atoms with E-state index in [0.717, 1.165) is 35.7 Å². The molecule has 0 unspecified atom stereocenters. The molecule has 0 radical (unpaired) electrons. The predicted molar refractivity (Wildman–Crippen MR) is 91.8 cm³/mol. The van der Waals surface area contributed by atoms with Crippen molar-refractivity contribution in [2.45, 2.75) is 19.9 Å². The molecule has 4 aromatic rings. The van der Waals surface area contributed by atoms with Crippen molar-refractivity contribution in [1.82, 2.24) is 29.3 Å². The number of H-pyrrole nitrogens is 1. The number of hydrogen-bond donors (Lipinski definition) is 1. The third kappa shape index (κ3) is 2.74. The molecule has 1 aromatic carbocycles. The van der Waals surface area contributed by atoms with Crippen molar-refractivity contribution < 1.29 is 0 Å². The van der Waals surface area contributed by atoms with Crippen LogP contribution in [-0.4, -0.2) is 29.3 Å². The molecule has 0 aliphatic rings. The van der Waals surface area contributed by atoms with E-state index in [-0.39, 0.29) is 0 Å². The lowest BCUT2D eigenvalue weighted by atomic mass is 10.1. The Kier molecular flexibility index (Phi) is 3.70. The van der Waals surface area contributed by atoms with Gasteiger partial charge < -0.3 is 9.55 Å². The van der Waals surface area contributed by atoms with Gasteiger partial charge in [-0.2, -0.15) is 5.10 Å². The van der Waals surface area contributed by atoms with Gasteiger partial charge in [0.1, 0.15) is 5.82 Å². The number of nitrogens with one attached hydrogen (secondary N) is 1. The molecule has 4 rings (SSSR count). The van der Waals surface area contributed by atoms with Gasteiger partial charge in [0.25, 0.3) is 0 Å². The fraction of sp³-hybridized carbons (Fsp3) is 0.167. The maximum atomic E-state index is 4.55. The molecule has 3 heterocycles. The van der Waals surface area contributed by atoms with Gasteiger partial charge in [-0.25, -0.2) is 14.6 Å². The second kappa shape index (κ2) is 6.16. The molecule has 0 bridgehead atoms. The molecule has 24 heavy (non-hydrogen) atoms. The first-order valence-electron chi connectivity index (χ1n) is 7.91. The van der Waals surface area contributed by atoms with E-state index in [1.807, 2.05) is 35.5 Å². The average molecular weight is 318 g/mol. The minimum Gasteiger partial charge on any atom is -0.348 e. The summed E-state index contributed by atoms with van der Waals surface area (Å²) in [4.78, 5) is 11.8. The van der Waals surface area contributed by atoms with E-state index < -0.39 is 0 Å². The first-order chi connectivity index (χ1) is 11.8. The van der Waals surface area contributed by atoms with Gasteiger partial charge in [0.2, 0.25) is 0 Å². The van der Waals surface area contributed by atoms with Gasteiger partial charge >= 0.3 is 0 Å². The molecule has 6 heteroatoms. The van der Waals surface area contributed by atoms with E-state index in [2.05, 4.69) is 49.7 Å². The fourth-order valence-corrected chi connectivity index (χ4v) is 2.86. The Balaban J connectivity index is 1.61. The van der Waals surface area contributed by atoms with E-state index in [1.165, 1.54) is 5.56 Å². The van der Waals surface area contributed by atoms with Gasteiger partial charge in [0.15, 0.2) is 0 Å². The summed E-state index contributed by atoms with van der Waals surface area (Å²) >= 11 is 0. The van der Waals surface area contributed by atoms with Gasteiger partial charge in [-0.15, -0.1) is 0 Å². The highest BCUT2D eigenvalue weighted by atomic mass is 15.3. The van der Waals surface area contributed by atoms with Crippen molar-refractivity contribution >= 4 is 0 Å². The SMILES string of the molecule is Cc1cc(-n2cccn2)ccc1-c1nccn1CCc1cnc[nH]1. The van der Waals surface area contributed by atoms with Crippen molar-refractivity contribution in [3.05, 3.63) is 72.8 Å². The number of imidazole rings is 2. The van der Waals surface area contributed by atoms with Gasteiger partial charge in [-0.1, -0.05) is 0 Å². The molecule has 0 aliphatic carbocycles. The van der Waals surface area contributed by atoms with Crippen LogP contribution in [0.3, 0.4) is 0 Å². The molecule has 3 aromatic heterocycles. The number of benzene rings is 1. The molecule has 0 atom stereocenters. The Morgan fingerprint density at radius 3 is 2.88 bits per heavy atom. The van der Waals surface area contributed by atoms with Crippen LogP contribution in [0.1, 0.15) is 11.3 Å². The summed E-state index contributed by atoms with van der Waals surface area (Å²) in [5.74, 6) is 0.985. The van der Waals surface area contributed by atoms with Crippen LogP contribution in [0.15, 0.2) is 61.6 Å². The van der Waals surface area contributed by atoms with Crippen molar-refractivity contribution in [2.75, 3.05) is 0 Å². The molecule has 0 amide bonds. The second-order valence-corrected chi connectivity index (χ2v) is 5.72. The van der Waals surface area contributed by atoms with Crippen molar-refractivity contribution in [1.29, 1.82) is 0 Å². The normalized spacial score (nSPS) is 11.0. The second-order valence-electron chi connectivity index (χ2n) is 5.72. The highest BCUT2D eigenvalue weighted by Crippen LogP contribution is 2.24. The summed E-state index contributed by atoms with van der Waals surface area (Å²) in [7, 11) is 0. The average Bonchev–Trinajstić information content (AvgIpc) is 3.34. The minimum atomic E-state index is 0.859. The lowest BCUT2D eigenvalue weighted by Crippen LogP contribution is -2.04. The van der Waals surface area contributed by atoms with E-state index in [9.17, 15) is 0 Å². The Bertz CT molecular complexity index is 919. The van der Waals surface area contributed by atoms with Crippen molar-refractivity contribution in [2.24, 2.45) is 0 Å². The number of aromatic nitrogens is 6. The Labute approximate surface area is 139 Å². The van der Waals surface area contributed by atoms with Crippen LogP contribution in [0.25, 0.3) is 17.1 Å². The quantitative estimate of drug-likeness (QED) is 0.615. The fourth-order valence-electron chi connectivity index (χ4n) is 2.86. The number of rotatable bonds is 5. The third-order valence-corrected chi connectivity index (χ3v) is 4.11. The van der Waals surface area contributed by atoms with Crippen LogP contribution in [0.2, 0.25) is 0 Å². The summed E-state index contributed by atoms with van der Waals surface area (Å²) in [6.45, 7) is 2.97. The van der Waals surface area contributed by atoms with Crippen LogP contribution in [-0.2, 0) is 13.0 Å². The molecular weight excluding hydrogens is 300 g/mol. The van der Waals surface area contributed by atoms with Crippen LogP contribution in [0.4, 0.5) is 0 Å². The Morgan fingerprint density at radius 2 is 2.12 bits per heavy atom. The summed E-state index contributed by atoms with van der Waals surface area (Å²) in [6, 6.07) is 8.24. The van der Waals surface area contributed by atoms with E-state index >= 15 is 0 Å². The lowest BCUT2D eigenvalue weighted by molar-refractivity contribution is 0.694. The first kappa shape index (κ1) is 14.4. The van der Waals surface area contributed by atoms with Crippen molar-refractivity contribution in [3.63, 3.8) is 0 Å². The van der Waals surface area contributed by atoms with Crippen LogP contribution >= 0.6 is 0 Å². The van der Waals surface area contributed by atoms with E-state index in [4.69, 9.17) is 0 Å². The summed E-state index contributed by atoms with van der Waals surface area (Å²) in [5.41, 5.74) is 4.50.